The van der Waals surface area contributed by atoms with Crippen LogP contribution in [-0.2, 0) is 10.2 Å². The monoisotopic (exact) mass is 571 g/mol. The molecule has 2 aromatic rings. The molecule has 2 aromatic carbocycles. The fourth-order valence-corrected chi connectivity index (χ4v) is 6.99. The van der Waals surface area contributed by atoms with Crippen molar-refractivity contribution in [1.29, 1.82) is 0 Å². The topological polar surface area (TPSA) is 61.4 Å². The van der Waals surface area contributed by atoms with Gasteiger partial charge in [0.2, 0.25) is 5.91 Å². The van der Waals surface area contributed by atoms with Gasteiger partial charge in [-0.25, -0.2) is 4.39 Å². The summed E-state index contributed by atoms with van der Waals surface area (Å²) in [5.74, 6) is -0.748. The highest BCUT2D eigenvalue weighted by Gasteiger charge is 2.43. The van der Waals surface area contributed by atoms with Crippen molar-refractivity contribution >= 4 is 17.5 Å². The molecule has 5 rings (SSSR count). The Morgan fingerprint density at radius 1 is 1.02 bits per heavy atom. The maximum absolute atomic E-state index is 15.0. The van der Waals surface area contributed by atoms with Gasteiger partial charge in [-0.1, -0.05) is 70.5 Å². The van der Waals surface area contributed by atoms with Crippen LogP contribution in [0.5, 0.6) is 0 Å². The molecule has 42 heavy (non-hydrogen) atoms. The number of carbonyl (C=O) groups is 2. The number of carbonyl (C=O) groups excluding carboxylic acids is 2. The lowest BCUT2D eigenvalue weighted by Gasteiger charge is -2.44. The summed E-state index contributed by atoms with van der Waals surface area (Å²) in [5.41, 5.74) is 3.69. The SMILES string of the molecule is Cc1cccc(F)c1C(=O)N1CCC[C@H](C(=O)Nc2cccc(C(C)(C)C)c2)[C@@H]1C1C=CC(NC2CCCC2C)=CC1. The van der Waals surface area contributed by atoms with E-state index < -0.39 is 11.7 Å². The number of aryl methyl sites for hydroxylation is 1. The predicted molar refractivity (Wildman–Crippen MR) is 168 cm³/mol. The number of halogens is 1. The summed E-state index contributed by atoms with van der Waals surface area (Å²) in [4.78, 5) is 29.8. The number of likely N-dealkylation sites (tertiary alicyclic amines) is 1. The van der Waals surface area contributed by atoms with Crippen LogP contribution < -0.4 is 10.6 Å². The molecule has 5 atom stereocenters. The van der Waals surface area contributed by atoms with Crippen LogP contribution in [0, 0.1) is 30.5 Å². The van der Waals surface area contributed by atoms with E-state index >= 15 is 4.39 Å². The molecule has 1 heterocycles. The number of hydrogen-bond donors (Lipinski definition) is 2. The summed E-state index contributed by atoms with van der Waals surface area (Å²) in [6, 6.07) is 12.9. The van der Waals surface area contributed by atoms with E-state index in [0.29, 0.717) is 43.3 Å². The molecule has 2 aliphatic carbocycles. The summed E-state index contributed by atoms with van der Waals surface area (Å²) < 4.78 is 15.0. The molecule has 1 saturated carbocycles. The van der Waals surface area contributed by atoms with Gasteiger partial charge in [0, 0.05) is 29.9 Å². The van der Waals surface area contributed by atoms with Crippen molar-refractivity contribution in [1.82, 2.24) is 10.2 Å². The molecule has 0 bridgehead atoms. The zero-order chi connectivity index (χ0) is 30.0. The van der Waals surface area contributed by atoms with Crippen molar-refractivity contribution in [2.75, 3.05) is 11.9 Å². The number of rotatable bonds is 6. The third kappa shape index (κ3) is 6.48. The Bertz CT molecular complexity index is 1350. The summed E-state index contributed by atoms with van der Waals surface area (Å²) in [6.45, 7) is 11.0. The van der Waals surface area contributed by atoms with Gasteiger partial charge in [-0.05, 0) is 85.8 Å². The van der Waals surface area contributed by atoms with Crippen LogP contribution >= 0.6 is 0 Å². The highest BCUT2D eigenvalue weighted by atomic mass is 19.1. The van der Waals surface area contributed by atoms with Crippen LogP contribution in [0.3, 0.4) is 0 Å². The molecule has 2 N–H and O–H groups in total. The second-order valence-electron chi connectivity index (χ2n) is 13.6. The van der Waals surface area contributed by atoms with Crippen molar-refractivity contribution in [3.8, 4) is 0 Å². The molecule has 1 aliphatic heterocycles. The Morgan fingerprint density at radius 2 is 1.81 bits per heavy atom. The van der Waals surface area contributed by atoms with Crippen LogP contribution in [-0.4, -0.2) is 35.3 Å². The second-order valence-corrected chi connectivity index (χ2v) is 13.6. The molecule has 1 saturated heterocycles. The van der Waals surface area contributed by atoms with E-state index in [1.807, 2.05) is 18.2 Å². The predicted octanol–water partition coefficient (Wildman–Crippen LogP) is 7.53. The second kappa shape index (κ2) is 12.4. The molecule has 0 aromatic heterocycles. The van der Waals surface area contributed by atoms with Gasteiger partial charge in [0.25, 0.3) is 5.91 Å². The van der Waals surface area contributed by atoms with E-state index in [0.717, 1.165) is 16.9 Å². The van der Waals surface area contributed by atoms with Gasteiger partial charge in [0.05, 0.1) is 17.5 Å². The number of allylic oxidation sites excluding steroid dienone is 2. The van der Waals surface area contributed by atoms with Crippen molar-refractivity contribution in [2.45, 2.75) is 90.6 Å². The van der Waals surface area contributed by atoms with Gasteiger partial charge >= 0.3 is 0 Å². The summed E-state index contributed by atoms with van der Waals surface area (Å²) in [5, 5.41) is 6.89. The molecular weight excluding hydrogens is 525 g/mol. The maximum atomic E-state index is 15.0. The third-order valence-corrected chi connectivity index (χ3v) is 9.50. The van der Waals surface area contributed by atoms with Crippen LogP contribution in [0.2, 0.25) is 0 Å². The number of hydrogen-bond acceptors (Lipinski definition) is 3. The number of amides is 2. The molecule has 2 amide bonds. The van der Waals surface area contributed by atoms with Gasteiger partial charge in [-0.3, -0.25) is 9.59 Å². The fraction of sp³-hybridized carbons (Fsp3) is 0.500. The Labute approximate surface area is 250 Å². The number of benzene rings is 2. The van der Waals surface area contributed by atoms with E-state index in [4.69, 9.17) is 0 Å². The molecule has 3 aliphatic rings. The van der Waals surface area contributed by atoms with Crippen molar-refractivity contribution < 1.29 is 14.0 Å². The van der Waals surface area contributed by atoms with E-state index in [2.05, 4.69) is 62.6 Å². The Morgan fingerprint density at radius 3 is 2.48 bits per heavy atom. The minimum Gasteiger partial charge on any atom is -0.382 e. The number of piperidine rings is 1. The first-order chi connectivity index (χ1) is 20.0. The minimum atomic E-state index is -0.513. The average Bonchev–Trinajstić information content (AvgIpc) is 3.36. The van der Waals surface area contributed by atoms with Gasteiger partial charge < -0.3 is 15.5 Å². The summed E-state index contributed by atoms with van der Waals surface area (Å²) >= 11 is 0. The Kier molecular flexibility index (Phi) is 8.91. The van der Waals surface area contributed by atoms with Gasteiger partial charge in [-0.15, -0.1) is 0 Å². The van der Waals surface area contributed by atoms with Gasteiger partial charge in [-0.2, -0.15) is 0 Å². The van der Waals surface area contributed by atoms with E-state index in [9.17, 15) is 9.59 Å². The smallest absolute Gasteiger partial charge is 0.257 e. The zero-order valence-corrected chi connectivity index (χ0v) is 25.8. The largest absolute Gasteiger partial charge is 0.382 e. The lowest BCUT2D eigenvalue weighted by Crippen LogP contribution is -2.55. The Balaban J connectivity index is 1.42. The fourth-order valence-electron chi connectivity index (χ4n) is 6.99. The molecule has 0 radical (unpaired) electrons. The highest BCUT2D eigenvalue weighted by molar-refractivity contribution is 5.98. The number of nitrogens with one attached hydrogen (secondary N) is 2. The molecule has 2 fully saturated rings. The van der Waals surface area contributed by atoms with Crippen molar-refractivity contribution in [3.05, 3.63) is 88.9 Å². The first-order valence-electron chi connectivity index (χ1n) is 15.7. The zero-order valence-electron chi connectivity index (χ0n) is 25.8. The first-order valence-corrected chi connectivity index (χ1v) is 15.7. The van der Waals surface area contributed by atoms with Crippen molar-refractivity contribution in [3.63, 3.8) is 0 Å². The quantitative estimate of drug-likeness (QED) is 0.377. The van der Waals surface area contributed by atoms with Crippen LogP contribution in [0.1, 0.15) is 87.7 Å². The van der Waals surface area contributed by atoms with E-state index in [-0.39, 0.29) is 34.8 Å². The van der Waals surface area contributed by atoms with Crippen LogP contribution in [0.15, 0.2) is 66.4 Å². The van der Waals surface area contributed by atoms with E-state index in [1.54, 1.807) is 24.0 Å². The lowest BCUT2D eigenvalue weighted by atomic mass is 9.77. The molecule has 224 valence electrons. The van der Waals surface area contributed by atoms with E-state index in [1.165, 1.54) is 25.3 Å². The van der Waals surface area contributed by atoms with Gasteiger partial charge in [0.1, 0.15) is 5.82 Å². The lowest BCUT2D eigenvalue weighted by molar-refractivity contribution is -0.123. The van der Waals surface area contributed by atoms with Gasteiger partial charge in [0.15, 0.2) is 0 Å². The number of anilines is 1. The molecular formula is C36H46FN3O2. The normalized spacial score (nSPS) is 26.1. The summed E-state index contributed by atoms with van der Waals surface area (Å²) in [6.07, 6.45) is 12.3. The molecule has 0 spiro atoms. The summed E-state index contributed by atoms with van der Waals surface area (Å²) in [7, 11) is 0. The average molecular weight is 572 g/mol. The standard InChI is InChI=1S/C36H46FN3O2/c1-23-10-7-16-31(23)38-27-19-17-25(18-20-27)33-29(34(41)39-28-13-8-12-26(22-28)36(3,4)5)14-9-21-40(33)35(42)32-24(2)11-6-15-30(32)37/h6,8,11-13,15,17,19-20,22-23,25,29,31,33,38H,7,9-10,14,16,18,21H2,1-5H3,(H,39,41)/t23?,25?,29-,31?,33-/m0/s1. The minimum absolute atomic E-state index is 0.0454. The third-order valence-electron chi connectivity index (χ3n) is 9.50. The molecule has 3 unspecified atom stereocenters. The van der Waals surface area contributed by atoms with Crippen molar-refractivity contribution in [2.24, 2.45) is 17.8 Å². The Hall–Kier alpha value is -3.41. The highest BCUT2D eigenvalue weighted by Crippen LogP contribution is 2.37. The van der Waals surface area contributed by atoms with Crippen LogP contribution in [0.25, 0.3) is 0 Å². The maximum Gasteiger partial charge on any atom is 0.257 e. The number of nitrogens with zero attached hydrogens (tertiary/aromatic N) is 1. The molecule has 6 heteroatoms. The van der Waals surface area contributed by atoms with Crippen LogP contribution in [0.4, 0.5) is 10.1 Å². The first kappa shape index (κ1) is 30.1. The molecule has 5 nitrogen and oxygen atoms in total.